The van der Waals surface area contributed by atoms with Crippen LogP contribution in [0.4, 0.5) is 0 Å². The monoisotopic (exact) mass is 221 g/mol. The number of aryl methyl sites for hydroxylation is 1. The number of aromatic nitrogens is 2. The molecule has 4 nitrogen and oxygen atoms in total. The summed E-state index contributed by atoms with van der Waals surface area (Å²) in [5, 5.41) is 4.33. The maximum Gasteiger partial charge on any atom is 0.267 e. The summed E-state index contributed by atoms with van der Waals surface area (Å²) in [5.74, 6) is 0.633. The summed E-state index contributed by atoms with van der Waals surface area (Å²) in [6.07, 6.45) is 5.04. The minimum absolute atomic E-state index is 0.0158. The second-order valence-corrected chi connectivity index (χ2v) is 4.63. The fourth-order valence-corrected chi connectivity index (χ4v) is 2.40. The minimum atomic E-state index is -0.0158. The highest BCUT2D eigenvalue weighted by molar-refractivity contribution is 5.15. The summed E-state index contributed by atoms with van der Waals surface area (Å²) in [4.78, 5) is 11.8. The summed E-state index contributed by atoms with van der Waals surface area (Å²) in [7, 11) is 0. The number of rotatable bonds is 3. The Morgan fingerprint density at radius 2 is 2.19 bits per heavy atom. The molecule has 1 heterocycles. The van der Waals surface area contributed by atoms with E-state index in [-0.39, 0.29) is 5.56 Å². The van der Waals surface area contributed by atoms with Crippen LogP contribution < -0.4 is 11.3 Å². The van der Waals surface area contributed by atoms with E-state index in [1.807, 2.05) is 6.92 Å². The fourth-order valence-electron chi connectivity index (χ4n) is 2.40. The standard InChI is InChI=1S/C12H19N3O/c1-9-11(7-13)6-12(16)15(14-9)8-10-4-2-3-5-10/h6,10H,2-5,7-8,13H2,1H3. The van der Waals surface area contributed by atoms with E-state index < -0.39 is 0 Å². The lowest BCUT2D eigenvalue weighted by Crippen LogP contribution is -2.27. The molecular formula is C12H19N3O. The zero-order valence-corrected chi connectivity index (χ0v) is 9.78. The van der Waals surface area contributed by atoms with Gasteiger partial charge in [0.25, 0.3) is 5.56 Å². The van der Waals surface area contributed by atoms with Crippen molar-refractivity contribution in [3.05, 3.63) is 27.7 Å². The first-order chi connectivity index (χ1) is 7.70. The first-order valence-electron chi connectivity index (χ1n) is 5.98. The molecule has 0 saturated heterocycles. The first-order valence-corrected chi connectivity index (χ1v) is 5.98. The van der Waals surface area contributed by atoms with Crippen LogP contribution in [0.1, 0.15) is 36.9 Å². The molecule has 88 valence electrons. The Kier molecular flexibility index (Phi) is 3.39. The second-order valence-electron chi connectivity index (χ2n) is 4.63. The van der Waals surface area contributed by atoms with E-state index in [4.69, 9.17) is 5.73 Å². The molecule has 1 fully saturated rings. The van der Waals surface area contributed by atoms with Gasteiger partial charge in [-0.1, -0.05) is 12.8 Å². The fraction of sp³-hybridized carbons (Fsp3) is 0.667. The van der Waals surface area contributed by atoms with Gasteiger partial charge in [0.2, 0.25) is 0 Å². The molecule has 1 aliphatic rings. The van der Waals surface area contributed by atoms with Crippen LogP contribution in [-0.4, -0.2) is 9.78 Å². The van der Waals surface area contributed by atoms with Crippen molar-refractivity contribution < 1.29 is 0 Å². The lowest BCUT2D eigenvalue weighted by molar-refractivity contribution is 0.412. The average molecular weight is 221 g/mol. The largest absolute Gasteiger partial charge is 0.326 e. The molecule has 1 saturated carbocycles. The number of nitrogens with two attached hydrogens (primary N) is 1. The molecule has 0 radical (unpaired) electrons. The van der Waals surface area contributed by atoms with Crippen molar-refractivity contribution in [2.24, 2.45) is 11.7 Å². The Hall–Kier alpha value is -1.16. The van der Waals surface area contributed by atoms with Crippen molar-refractivity contribution >= 4 is 0 Å². The van der Waals surface area contributed by atoms with Gasteiger partial charge in [0.05, 0.1) is 5.69 Å². The Morgan fingerprint density at radius 3 is 2.81 bits per heavy atom. The molecule has 0 unspecified atom stereocenters. The van der Waals surface area contributed by atoms with Gasteiger partial charge in [0.1, 0.15) is 0 Å². The van der Waals surface area contributed by atoms with E-state index in [2.05, 4.69) is 5.10 Å². The van der Waals surface area contributed by atoms with E-state index in [0.29, 0.717) is 12.5 Å². The van der Waals surface area contributed by atoms with Gasteiger partial charge in [-0.05, 0) is 31.2 Å². The maximum absolute atomic E-state index is 11.8. The predicted molar refractivity (Wildman–Crippen MR) is 63.1 cm³/mol. The van der Waals surface area contributed by atoms with E-state index in [0.717, 1.165) is 17.8 Å². The Labute approximate surface area is 95.5 Å². The lowest BCUT2D eigenvalue weighted by Gasteiger charge is -2.12. The molecule has 1 aliphatic carbocycles. The third kappa shape index (κ3) is 2.32. The van der Waals surface area contributed by atoms with Crippen LogP contribution in [0.25, 0.3) is 0 Å². The molecule has 0 amide bonds. The zero-order valence-electron chi connectivity index (χ0n) is 9.78. The van der Waals surface area contributed by atoms with Crippen molar-refractivity contribution in [1.82, 2.24) is 9.78 Å². The van der Waals surface area contributed by atoms with E-state index in [9.17, 15) is 4.79 Å². The van der Waals surface area contributed by atoms with Gasteiger partial charge in [-0.25, -0.2) is 4.68 Å². The summed E-state index contributed by atoms with van der Waals surface area (Å²) < 4.78 is 1.60. The number of hydrogen-bond donors (Lipinski definition) is 1. The van der Waals surface area contributed by atoms with Crippen LogP contribution in [0.15, 0.2) is 10.9 Å². The van der Waals surface area contributed by atoms with Gasteiger partial charge in [0, 0.05) is 19.2 Å². The Balaban J connectivity index is 2.20. The Morgan fingerprint density at radius 1 is 1.50 bits per heavy atom. The topological polar surface area (TPSA) is 60.9 Å². The predicted octanol–water partition coefficient (Wildman–Crippen LogP) is 1.20. The van der Waals surface area contributed by atoms with Gasteiger partial charge in [-0.2, -0.15) is 5.10 Å². The van der Waals surface area contributed by atoms with Crippen LogP contribution >= 0.6 is 0 Å². The highest BCUT2D eigenvalue weighted by atomic mass is 16.1. The number of nitrogens with zero attached hydrogens (tertiary/aromatic N) is 2. The van der Waals surface area contributed by atoms with Gasteiger partial charge in [0.15, 0.2) is 0 Å². The van der Waals surface area contributed by atoms with Gasteiger partial charge >= 0.3 is 0 Å². The van der Waals surface area contributed by atoms with Crippen LogP contribution in [0.5, 0.6) is 0 Å². The average Bonchev–Trinajstić information content (AvgIpc) is 2.75. The molecule has 0 aliphatic heterocycles. The van der Waals surface area contributed by atoms with E-state index >= 15 is 0 Å². The van der Waals surface area contributed by atoms with Gasteiger partial charge in [-0.15, -0.1) is 0 Å². The van der Waals surface area contributed by atoms with Crippen molar-refractivity contribution in [3.63, 3.8) is 0 Å². The minimum Gasteiger partial charge on any atom is -0.326 e. The highest BCUT2D eigenvalue weighted by Gasteiger charge is 2.16. The van der Waals surface area contributed by atoms with E-state index in [1.54, 1.807) is 10.7 Å². The highest BCUT2D eigenvalue weighted by Crippen LogP contribution is 2.25. The molecule has 0 atom stereocenters. The van der Waals surface area contributed by atoms with E-state index in [1.165, 1.54) is 25.7 Å². The smallest absolute Gasteiger partial charge is 0.267 e. The SMILES string of the molecule is Cc1nn(CC2CCCC2)c(=O)cc1CN. The Bertz CT molecular complexity index is 419. The van der Waals surface area contributed by atoms with Crippen molar-refractivity contribution in [1.29, 1.82) is 0 Å². The van der Waals surface area contributed by atoms with Crippen LogP contribution in [0.3, 0.4) is 0 Å². The summed E-state index contributed by atoms with van der Waals surface area (Å²) in [6, 6.07) is 1.62. The normalized spacial score (nSPS) is 16.9. The first kappa shape index (κ1) is 11.3. The van der Waals surface area contributed by atoms with Crippen LogP contribution in [0.2, 0.25) is 0 Å². The third-order valence-corrected chi connectivity index (χ3v) is 3.41. The third-order valence-electron chi connectivity index (χ3n) is 3.41. The molecule has 16 heavy (non-hydrogen) atoms. The summed E-state index contributed by atoms with van der Waals surface area (Å²) in [6.45, 7) is 3.07. The van der Waals surface area contributed by atoms with Crippen molar-refractivity contribution in [2.45, 2.75) is 45.7 Å². The second kappa shape index (κ2) is 4.78. The number of hydrogen-bond acceptors (Lipinski definition) is 3. The molecular weight excluding hydrogens is 202 g/mol. The summed E-state index contributed by atoms with van der Waals surface area (Å²) in [5.41, 5.74) is 7.26. The molecule has 1 aromatic heterocycles. The molecule has 4 heteroatoms. The molecule has 0 bridgehead atoms. The van der Waals surface area contributed by atoms with Crippen molar-refractivity contribution in [2.75, 3.05) is 0 Å². The molecule has 2 N–H and O–H groups in total. The van der Waals surface area contributed by atoms with Crippen LogP contribution in [0, 0.1) is 12.8 Å². The lowest BCUT2D eigenvalue weighted by atomic mass is 10.1. The zero-order chi connectivity index (χ0) is 11.5. The molecule has 0 spiro atoms. The summed E-state index contributed by atoms with van der Waals surface area (Å²) >= 11 is 0. The van der Waals surface area contributed by atoms with Crippen molar-refractivity contribution in [3.8, 4) is 0 Å². The molecule has 0 aromatic carbocycles. The molecule has 2 rings (SSSR count). The molecule has 1 aromatic rings. The van der Waals surface area contributed by atoms with Gasteiger partial charge < -0.3 is 5.73 Å². The van der Waals surface area contributed by atoms with Gasteiger partial charge in [-0.3, -0.25) is 4.79 Å². The quantitative estimate of drug-likeness (QED) is 0.834. The maximum atomic E-state index is 11.8. The van der Waals surface area contributed by atoms with Crippen LogP contribution in [-0.2, 0) is 13.1 Å².